The molecule has 0 saturated heterocycles. The molecule has 2 aromatic rings. The summed E-state index contributed by atoms with van der Waals surface area (Å²) in [6, 6.07) is 14.1. The topological polar surface area (TPSA) is 75.6 Å². The molecular formula is C17H16BrNO4. The molecule has 0 bridgehead atoms. The van der Waals surface area contributed by atoms with Crippen molar-refractivity contribution in [2.45, 2.75) is 12.1 Å². The third-order valence-corrected chi connectivity index (χ3v) is 3.83. The number of carbonyl (C=O) groups excluding carboxylic acids is 2. The van der Waals surface area contributed by atoms with Gasteiger partial charge in [-0.3, -0.25) is 4.79 Å². The molecule has 2 atom stereocenters. The van der Waals surface area contributed by atoms with Crippen LogP contribution in [0, 0.1) is 0 Å². The Labute approximate surface area is 142 Å². The van der Waals surface area contributed by atoms with Crippen LogP contribution in [-0.2, 0) is 9.53 Å². The lowest BCUT2D eigenvalue weighted by Gasteiger charge is -2.22. The third-order valence-electron chi connectivity index (χ3n) is 3.30. The molecule has 0 fully saturated rings. The summed E-state index contributed by atoms with van der Waals surface area (Å²) in [6.45, 7) is 0. The molecule has 0 aliphatic rings. The monoisotopic (exact) mass is 377 g/mol. The zero-order valence-corrected chi connectivity index (χ0v) is 14.0. The molecule has 2 aromatic carbocycles. The Hall–Kier alpha value is -2.18. The summed E-state index contributed by atoms with van der Waals surface area (Å²) in [5, 5.41) is 13.0. The van der Waals surface area contributed by atoms with Crippen LogP contribution < -0.4 is 5.32 Å². The molecule has 120 valence electrons. The van der Waals surface area contributed by atoms with Crippen LogP contribution in [0.3, 0.4) is 0 Å². The van der Waals surface area contributed by atoms with Crippen LogP contribution in [-0.4, -0.2) is 30.1 Å². The SMILES string of the molecule is COC(=O)[C@@H](NC(=O)c1ccccc1)[C@@H](O)c1ccc(Br)cc1. The van der Waals surface area contributed by atoms with Gasteiger partial charge in [0.1, 0.15) is 6.10 Å². The fourth-order valence-electron chi connectivity index (χ4n) is 2.06. The molecule has 0 aromatic heterocycles. The van der Waals surface area contributed by atoms with Crippen LogP contribution in [0.1, 0.15) is 22.0 Å². The quantitative estimate of drug-likeness (QED) is 0.784. The van der Waals surface area contributed by atoms with E-state index in [0.717, 1.165) is 4.47 Å². The first kappa shape index (κ1) is 17.2. The number of aliphatic hydroxyl groups excluding tert-OH is 1. The van der Waals surface area contributed by atoms with Gasteiger partial charge >= 0.3 is 5.97 Å². The lowest BCUT2D eigenvalue weighted by molar-refractivity contribution is -0.146. The average Bonchev–Trinajstić information content (AvgIpc) is 2.59. The smallest absolute Gasteiger partial charge is 0.331 e. The van der Waals surface area contributed by atoms with Gasteiger partial charge in [0.2, 0.25) is 0 Å². The zero-order chi connectivity index (χ0) is 16.8. The van der Waals surface area contributed by atoms with Gasteiger partial charge in [0.25, 0.3) is 5.91 Å². The van der Waals surface area contributed by atoms with Gasteiger partial charge in [-0.15, -0.1) is 0 Å². The summed E-state index contributed by atoms with van der Waals surface area (Å²) in [7, 11) is 1.21. The van der Waals surface area contributed by atoms with Crippen molar-refractivity contribution in [1.29, 1.82) is 0 Å². The van der Waals surface area contributed by atoms with Crippen molar-refractivity contribution in [2.75, 3.05) is 7.11 Å². The number of ether oxygens (including phenoxy) is 1. The fraction of sp³-hybridized carbons (Fsp3) is 0.176. The van der Waals surface area contributed by atoms with E-state index in [-0.39, 0.29) is 0 Å². The van der Waals surface area contributed by atoms with Gasteiger partial charge in [-0.05, 0) is 29.8 Å². The maximum Gasteiger partial charge on any atom is 0.331 e. The molecule has 0 aliphatic carbocycles. The molecule has 0 radical (unpaired) electrons. The third kappa shape index (κ3) is 4.40. The minimum atomic E-state index is -1.22. The molecule has 0 heterocycles. The van der Waals surface area contributed by atoms with Crippen molar-refractivity contribution in [3.8, 4) is 0 Å². The Morgan fingerprint density at radius 2 is 1.70 bits per heavy atom. The predicted molar refractivity (Wildman–Crippen MR) is 88.8 cm³/mol. The molecule has 23 heavy (non-hydrogen) atoms. The summed E-state index contributed by atoms with van der Waals surface area (Å²) < 4.78 is 5.54. The van der Waals surface area contributed by atoms with Crippen LogP contribution in [0.25, 0.3) is 0 Å². The number of benzene rings is 2. The molecule has 2 rings (SSSR count). The van der Waals surface area contributed by atoms with Crippen LogP contribution in [0.15, 0.2) is 59.1 Å². The highest BCUT2D eigenvalue weighted by Gasteiger charge is 2.30. The number of halogens is 1. The first-order valence-corrected chi connectivity index (χ1v) is 7.69. The van der Waals surface area contributed by atoms with E-state index in [1.54, 1.807) is 54.6 Å². The highest BCUT2D eigenvalue weighted by Crippen LogP contribution is 2.21. The Bertz CT molecular complexity index is 673. The number of rotatable bonds is 5. The number of carbonyl (C=O) groups is 2. The molecule has 0 aliphatic heterocycles. The van der Waals surface area contributed by atoms with Gasteiger partial charge in [-0.25, -0.2) is 4.79 Å². The molecule has 2 N–H and O–H groups in total. The van der Waals surface area contributed by atoms with E-state index in [2.05, 4.69) is 21.2 Å². The summed E-state index contributed by atoms with van der Waals surface area (Å²) in [5.41, 5.74) is 0.890. The number of hydrogen-bond donors (Lipinski definition) is 2. The van der Waals surface area contributed by atoms with Gasteiger partial charge in [0.05, 0.1) is 7.11 Å². The molecule has 1 amide bonds. The fourth-order valence-corrected chi connectivity index (χ4v) is 2.32. The van der Waals surface area contributed by atoms with Gasteiger partial charge in [0, 0.05) is 10.0 Å². The molecule has 0 spiro atoms. The highest BCUT2D eigenvalue weighted by molar-refractivity contribution is 9.10. The molecule has 0 unspecified atom stereocenters. The van der Waals surface area contributed by atoms with E-state index in [9.17, 15) is 14.7 Å². The minimum absolute atomic E-state index is 0.393. The van der Waals surface area contributed by atoms with E-state index in [1.165, 1.54) is 7.11 Å². The second kappa shape index (κ2) is 7.89. The zero-order valence-electron chi connectivity index (χ0n) is 12.4. The van der Waals surface area contributed by atoms with Crippen molar-refractivity contribution in [1.82, 2.24) is 5.32 Å². The molecule has 5 nitrogen and oxygen atoms in total. The second-order valence-electron chi connectivity index (χ2n) is 4.84. The number of nitrogens with one attached hydrogen (secondary N) is 1. The maximum absolute atomic E-state index is 12.2. The normalized spacial score (nSPS) is 13.0. The first-order chi connectivity index (χ1) is 11.0. The van der Waals surface area contributed by atoms with Crippen molar-refractivity contribution < 1.29 is 19.4 Å². The number of aliphatic hydroxyl groups is 1. The van der Waals surface area contributed by atoms with Crippen LogP contribution >= 0.6 is 15.9 Å². The Morgan fingerprint density at radius 1 is 1.09 bits per heavy atom. The van der Waals surface area contributed by atoms with Gasteiger partial charge in [-0.1, -0.05) is 46.3 Å². The van der Waals surface area contributed by atoms with Crippen molar-refractivity contribution in [3.63, 3.8) is 0 Å². The van der Waals surface area contributed by atoms with Crippen LogP contribution in [0.5, 0.6) is 0 Å². The van der Waals surface area contributed by atoms with Gasteiger partial charge < -0.3 is 15.2 Å². The van der Waals surface area contributed by atoms with E-state index in [1.807, 2.05) is 0 Å². The number of methoxy groups -OCH3 is 1. The summed E-state index contributed by atoms with van der Waals surface area (Å²) in [5.74, 6) is -1.18. The highest BCUT2D eigenvalue weighted by atomic mass is 79.9. The Balaban J connectivity index is 2.21. The predicted octanol–water partition coefficient (Wildman–Crippen LogP) is 2.45. The minimum Gasteiger partial charge on any atom is -0.467 e. The van der Waals surface area contributed by atoms with E-state index < -0.39 is 24.0 Å². The number of hydrogen-bond acceptors (Lipinski definition) is 4. The van der Waals surface area contributed by atoms with E-state index in [4.69, 9.17) is 4.74 Å². The van der Waals surface area contributed by atoms with Crippen LogP contribution in [0.2, 0.25) is 0 Å². The molecular weight excluding hydrogens is 362 g/mol. The van der Waals surface area contributed by atoms with Crippen molar-refractivity contribution in [3.05, 3.63) is 70.2 Å². The standard InChI is InChI=1S/C17H16BrNO4/c1-23-17(22)14(15(20)11-7-9-13(18)10-8-11)19-16(21)12-5-3-2-4-6-12/h2-10,14-15,20H,1H3,(H,19,21)/t14-,15-/m0/s1. The number of esters is 1. The summed E-state index contributed by atoms with van der Waals surface area (Å²) in [4.78, 5) is 24.2. The maximum atomic E-state index is 12.2. The van der Waals surface area contributed by atoms with Crippen molar-refractivity contribution in [2.24, 2.45) is 0 Å². The lowest BCUT2D eigenvalue weighted by atomic mass is 10.0. The summed E-state index contributed by atoms with van der Waals surface area (Å²) >= 11 is 3.30. The Kier molecular flexibility index (Phi) is 5.90. The van der Waals surface area contributed by atoms with Crippen molar-refractivity contribution >= 4 is 27.8 Å². The second-order valence-corrected chi connectivity index (χ2v) is 5.75. The van der Waals surface area contributed by atoms with E-state index in [0.29, 0.717) is 11.1 Å². The first-order valence-electron chi connectivity index (χ1n) is 6.90. The summed E-state index contributed by atoms with van der Waals surface area (Å²) in [6.07, 6.45) is -1.22. The lowest BCUT2D eigenvalue weighted by Crippen LogP contribution is -2.45. The molecule has 6 heteroatoms. The Morgan fingerprint density at radius 3 is 2.26 bits per heavy atom. The molecule has 0 saturated carbocycles. The van der Waals surface area contributed by atoms with Crippen LogP contribution in [0.4, 0.5) is 0 Å². The van der Waals surface area contributed by atoms with E-state index >= 15 is 0 Å². The van der Waals surface area contributed by atoms with Gasteiger partial charge in [-0.2, -0.15) is 0 Å². The number of amides is 1. The average molecular weight is 378 g/mol. The largest absolute Gasteiger partial charge is 0.467 e. The van der Waals surface area contributed by atoms with Gasteiger partial charge in [0.15, 0.2) is 6.04 Å².